The minimum atomic E-state index is 0.329. The Morgan fingerprint density at radius 3 is 2.44 bits per heavy atom. The zero-order valence-electron chi connectivity index (χ0n) is 11.7. The molecule has 0 saturated heterocycles. The lowest BCUT2D eigenvalue weighted by Crippen LogP contribution is -2.18. The Hall–Kier alpha value is -1.59. The number of methoxy groups -OCH3 is 1. The number of anilines is 2. The summed E-state index contributed by atoms with van der Waals surface area (Å²) in [7, 11) is 1.55. The van der Waals surface area contributed by atoms with Gasteiger partial charge in [0, 0.05) is 12.6 Å². The van der Waals surface area contributed by atoms with Crippen LogP contribution in [-0.4, -0.2) is 34.6 Å². The quantitative estimate of drug-likeness (QED) is 0.740. The predicted molar refractivity (Wildman–Crippen MR) is 73.2 cm³/mol. The zero-order chi connectivity index (χ0) is 13.4. The minimum Gasteiger partial charge on any atom is -0.467 e. The second-order valence-corrected chi connectivity index (χ2v) is 4.23. The SMILES string of the molecule is CCCNc1nc(NC(C)CCC)nc(OC)n1. The van der Waals surface area contributed by atoms with Crippen molar-refractivity contribution in [1.29, 1.82) is 0 Å². The Morgan fingerprint density at radius 2 is 1.83 bits per heavy atom. The molecule has 102 valence electrons. The smallest absolute Gasteiger partial charge is 0.322 e. The molecule has 1 aromatic heterocycles. The van der Waals surface area contributed by atoms with E-state index in [0.29, 0.717) is 23.9 Å². The molecular weight excluding hydrogens is 230 g/mol. The van der Waals surface area contributed by atoms with Gasteiger partial charge in [0.2, 0.25) is 11.9 Å². The average molecular weight is 253 g/mol. The summed E-state index contributed by atoms with van der Waals surface area (Å²) in [6.45, 7) is 7.18. The van der Waals surface area contributed by atoms with E-state index in [9.17, 15) is 0 Å². The number of nitrogens with one attached hydrogen (secondary N) is 2. The molecule has 6 nitrogen and oxygen atoms in total. The highest BCUT2D eigenvalue weighted by Gasteiger charge is 2.08. The van der Waals surface area contributed by atoms with E-state index >= 15 is 0 Å². The number of aromatic nitrogens is 3. The summed E-state index contributed by atoms with van der Waals surface area (Å²) >= 11 is 0. The number of nitrogens with zero attached hydrogens (tertiary/aromatic N) is 3. The Kier molecular flexibility index (Phi) is 6.18. The highest BCUT2D eigenvalue weighted by molar-refractivity contribution is 5.36. The maximum Gasteiger partial charge on any atom is 0.322 e. The summed E-state index contributed by atoms with van der Waals surface area (Å²) in [5.74, 6) is 1.11. The van der Waals surface area contributed by atoms with Gasteiger partial charge in [-0.1, -0.05) is 20.3 Å². The third-order valence-electron chi connectivity index (χ3n) is 2.43. The van der Waals surface area contributed by atoms with Crippen LogP contribution < -0.4 is 15.4 Å². The molecule has 18 heavy (non-hydrogen) atoms. The number of hydrogen-bond acceptors (Lipinski definition) is 6. The molecule has 1 atom stereocenters. The molecule has 0 aromatic carbocycles. The maximum absolute atomic E-state index is 5.07. The molecule has 0 amide bonds. The van der Waals surface area contributed by atoms with Gasteiger partial charge in [0.25, 0.3) is 0 Å². The van der Waals surface area contributed by atoms with Gasteiger partial charge in [-0.2, -0.15) is 15.0 Å². The molecule has 1 unspecified atom stereocenters. The normalized spacial score (nSPS) is 12.0. The van der Waals surface area contributed by atoms with Gasteiger partial charge in [-0.05, 0) is 19.8 Å². The Balaban J connectivity index is 2.76. The summed E-state index contributed by atoms with van der Waals surface area (Å²) in [5, 5.41) is 6.38. The zero-order valence-corrected chi connectivity index (χ0v) is 11.7. The molecular formula is C12H23N5O. The standard InChI is InChI=1S/C12H23N5O/c1-5-7-9(3)14-11-15-10(13-8-6-2)16-12(17-11)18-4/h9H,5-8H2,1-4H3,(H2,13,14,15,16,17). The first-order valence-corrected chi connectivity index (χ1v) is 6.50. The molecule has 0 saturated carbocycles. The van der Waals surface area contributed by atoms with Crippen molar-refractivity contribution in [3.05, 3.63) is 0 Å². The topological polar surface area (TPSA) is 72.0 Å². The van der Waals surface area contributed by atoms with E-state index in [2.05, 4.69) is 46.4 Å². The van der Waals surface area contributed by atoms with Gasteiger partial charge in [0.05, 0.1) is 7.11 Å². The molecule has 1 heterocycles. The first-order valence-electron chi connectivity index (χ1n) is 6.50. The van der Waals surface area contributed by atoms with Crippen molar-refractivity contribution >= 4 is 11.9 Å². The fraction of sp³-hybridized carbons (Fsp3) is 0.750. The Morgan fingerprint density at radius 1 is 1.11 bits per heavy atom. The molecule has 2 N–H and O–H groups in total. The fourth-order valence-corrected chi connectivity index (χ4v) is 1.55. The van der Waals surface area contributed by atoms with E-state index in [1.54, 1.807) is 7.11 Å². The van der Waals surface area contributed by atoms with Gasteiger partial charge in [-0.25, -0.2) is 0 Å². The number of rotatable bonds is 8. The molecule has 0 fully saturated rings. The number of hydrogen-bond donors (Lipinski definition) is 2. The molecule has 1 rings (SSSR count). The van der Waals surface area contributed by atoms with Crippen molar-refractivity contribution < 1.29 is 4.74 Å². The molecule has 0 aliphatic heterocycles. The van der Waals surface area contributed by atoms with Crippen LogP contribution in [0.4, 0.5) is 11.9 Å². The average Bonchev–Trinajstić information content (AvgIpc) is 2.36. The third kappa shape index (κ3) is 4.73. The molecule has 0 spiro atoms. The molecule has 1 aromatic rings. The Labute approximate surface area is 109 Å². The van der Waals surface area contributed by atoms with Gasteiger partial charge in [-0.3, -0.25) is 0 Å². The second-order valence-electron chi connectivity index (χ2n) is 4.23. The van der Waals surface area contributed by atoms with E-state index in [-0.39, 0.29) is 0 Å². The minimum absolute atomic E-state index is 0.329. The predicted octanol–water partition coefficient (Wildman–Crippen LogP) is 2.30. The van der Waals surface area contributed by atoms with E-state index in [1.165, 1.54) is 0 Å². The number of ether oxygens (including phenoxy) is 1. The van der Waals surface area contributed by atoms with Crippen LogP contribution in [0, 0.1) is 0 Å². The van der Waals surface area contributed by atoms with Gasteiger partial charge in [0.15, 0.2) is 0 Å². The van der Waals surface area contributed by atoms with Crippen LogP contribution >= 0.6 is 0 Å². The van der Waals surface area contributed by atoms with Crippen molar-refractivity contribution in [3.63, 3.8) is 0 Å². The lowest BCUT2D eigenvalue weighted by atomic mass is 10.2. The van der Waals surface area contributed by atoms with E-state index in [4.69, 9.17) is 4.74 Å². The van der Waals surface area contributed by atoms with Gasteiger partial charge < -0.3 is 15.4 Å². The van der Waals surface area contributed by atoms with E-state index in [1.807, 2.05) is 0 Å². The van der Waals surface area contributed by atoms with E-state index < -0.39 is 0 Å². The van der Waals surface area contributed by atoms with Crippen LogP contribution in [0.5, 0.6) is 6.01 Å². The van der Waals surface area contributed by atoms with Crippen LogP contribution in [0.2, 0.25) is 0 Å². The summed E-state index contributed by atoms with van der Waals surface area (Å²) in [6.07, 6.45) is 3.21. The first kappa shape index (κ1) is 14.5. The maximum atomic E-state index is 5.07. The molecule has 0 aliphatic rings. The first-order chi connectivity index (χ1) is 8.69. The summed E-state index contributed by atoms with van der Waals surface area (Å²) in [5.41, 5.74) is 0. The van der Waals surface area contributed by atoms with E-state index in [0.717, 1.165) is 25.8 Å². The lowest BCUT2D eigenvalue weighted by molar-refractivity contribution is 0.379. The van der Waals surface area contributed by atoms with Crippen molar-refractivity contribution in [3.8, 4) is 6.01 Å². The third-order valence-corrected chi connectivity index (χ3v) is 2.43. The van der Waals surface area contributed by atoms with Gasteiger partial charge >= 0.3 is 6.01 Å². The fourth-order valence-electron chi connectivity index (χ4n) is 1.55. The summed E-state index contributed by atoms with van der Waals surface area (Å²) < 4.78 is 5.07. The monoisotopic (exact) mass is 253 g/mol. The molecule has 0 bridgehead atoms. The molecule has 0 aliphatic carbocycles. The lowest BCUT2D eigenvalue weighted by Gasteiger charge is -2.13. The van der Waals surface area contributed by atoms with Crippen LogP contribution in [0.15, 0.2) is 0 Å². The van der Waals surface area contributed by atoms with Crippen molar-refractivity contribution in [2.75, 3.05) is 24.3 Å². The second kappa shape index (κ2) is 7.68. The van der Waals surface area contributed by atoms with Crippen molar-refractivity contribution in [1.82, 2.24) is 15.0 Å². The van der Waals surface area contributed by atoms with Crippen LogP contribution in [0.1, 0.15) is 40.0 Å². The molecule has 0 radical (unpaired) electrons. The van der Waals surface area contributed by atoms with Crippen LogP contribution in [0.3, 0.4) is 0 Å². The largest absolute Gasteiger partial charge is 0.467 e. The highest BCUT2D eigenvalue weighted by atomic mass is 16.5. The summed E-state index contributed by atoms with van der Waals surface area (Å²) in [4.78, 5) is 12.7. The van der Waals surface area contributed by atoms with Crippen molar-refractivity contribution in [2.24, 2.45) is 0 Å². The highest BCUT2D eigenvalue weighted by Crippen LogP contribution is 2.12. The molecule has 6 heteroatoms. The van der Waals surface area contributed by atoms with Crippen LogP contribution in [0.25, 0.3) is 0 Å². The van der Waals surface area contributed by atoms with Crippen LogP contribution in [-0.2, 0) is 0 Å². The van der Waals surface area contributed by atoms with Gasteiger partial charge in [-0.15, -0.1) is 0 Å². The summed E-state index contributed by atoms with van der Waals surface area (Å²) in [6, 6.07) is 0.663. The van der Waals surface area contributed by atoms with Gasteiger partial charge in [0.1, 0.15) is 0 Å². The Bertz CT molecular complexity index is 358. The van der Waals surface area contributed by atoms with Crippen molar-refractivity contribution in [2.45, 2.75) is 46.1 Å².